The molecule has 6 nitrogen and oxygen atoms in total. The van der Waals surface area contributed by atoms with Gasteiger partial charge in [-0.3, -0.25) is 9.47 Å². The summed E-state index contributed by atoms with van der Waals surface area (Å²) in [5.74, 6) is -0.369. The van der Waals surface area contributed by atoms with Crippen LogP contribution in [0.15, 0.2) is 65.3 Å². The Morgan fingerprint density at radius 2 is 1.93 bits per heavy atom. The van der Waals surface area contributed by atoms with Gasteiger partial charge in [-0.1, -0.05) is 47.5 Å². The van der Waals surface area contributed by atoms with E-state index in [1.807, 2.05) is 36.4 Å². The lowest BCUT2D eigenvalue weighted by atomic mass is 10.0. The van der Waals surface area contributed by atoms with Crippen molar-refractivity contribution in [2.24, 2.45) is 0 Å². The maximum Gasteiger partial charge on any atom is 0.573 e. The van der Waals surface area contributed by atoms with Crippen LogP contribution in [0.4, 0.5) is 18.0 Å². The lowest BCUT2D eigenvalue weighted by Crippen LogP contribution is -2.34. The van der Waals surface area contributed by atoms with Gasteiger partial charge in [0.25, 0.3) is 0 Å². The number of hydrogen-bond acceptors (Lipinski definition) is 4. The number of pyridine rings is 1. The van der Waals surface area contributed by atoms with Crippen molar-refractivity contribution in [1.82, 2.24) is 19.8 Å². The summed E-state index contributed by atoms with van der Waals surface area (Å²) in [7, 11) is 0. The van der Waals surface area contributed by atoms with E-state index in [-0.39, 0.29) is 16.8 Å². The standard InChI is InChI=1S/C28H22BrCl2F3N4O2/c29-22-14-24-20(13-25(22)40-28(32,33)34)21-16-37(10-1-2-17-3-5-19(30)6-4-17)11-8-23(21)38(24)27(39)36-15-18-7-9-35-26(31)12-18/h1-7,9,12-14H,8,10-11,15-16H2,(H,36,39)/b2-1+. The minimum atomic E-state index is -4.86. The molecule has 0 atom stereocenters. The van der Waals surface area contributed by atoms with Gasteiger partial charge in [0.1, 0.15) is 10.9 Å². The molecular weight excluding hydrogens is 632 g/mol. The lowest BCUT2D eigenvalue weighted by molar-refractivity contribution is -0.274. The molecule has 1 N–H and O–H groups in total. The van der Waals surface area contributed by atoms with Gasteiger partial charge in [-0.2, -0.15) is 0 Å². The molecular formula is C28H22BrCl2F3N4O2. The molecule has 12 heteroatoms. The van der Waals surface area contributed by atoms with Gasteiger partial charge in [0.2, 0.25) is 0 Å². The van der Waals surface area contributed by atoms with Gasteiger partial charge in [0.05, 0.1) is 9.99 Å². The molecule has 5 rings (SSSR count). The molecule has 1 aliphatic rings. The third kappa shape index (κ3) is 6.63. The highest BCUT2D eigenvalue weighted by Crippen LogP contribution is 2.39. The fraction of sp³-hybridized carbons (Fsp3) is 0.214. The first-order valence-corrected chi connectivity index (χ1v) is 13.8. The number of ether oxygens (including phenoxy) is 1. The van der Waals surface area contributed by atoms with E-state index in [4.69, 9.17) is 23.2 Å². The van der Waals surface area contributed by atoms with Crippen LogP contribution in [0.3, 0.4) is 0 Å². The number of aromatic nitrogens is 2. The van der Waals surface area contributed by atoms with Gasteiger partial charge in [-0.05, 0) is 69.0 Å². The molecule has 2 aromatic carbocycles. The number of nitrogens with one attached hydrogen (secondary N) is 1. The fourth-order valence-electron chi connectivity index (χ4n) is 4.72. The number of alkyl halides is 3. The third-order valence-electron chi connectivity index (χ3n) is 6.49. The number of benzene rings is 2. The molecule has 0 saturated carbocycles. The normalized spacial score (nSPS) is 14.1. The third-order valence-corrected chi connectivity index (χ3v) is 7.57. The Balaban J connectivity index is 1.45. The van der Waals surface area contributed by atoms with Gasteiger partial charge in [-0.15, -0.1) is 13.2 Å². The summed E-state index contributed by atoms with van der Waals surface area (Å²) >= 11 is 15.1. The Morgan fingerprint density at radius 3 is 2.65 bits per heavy atom. The van der Waals surface area contributed by atoms with E-state index in [2.05, 4.69) is 35.9 Å². The van der Waals surface area contributed by atoms with Crippen molar-refractivity contribution in [2.75, 3.05) is 13.1 Å². The SMILES string of the molecule is O=C(NCc1ccnc(Cl)c1)n1c2c(c3cc(OC(F)(F)F)c(Br)cc31)CN(C/C=C/c1ccc(Cl)cc1)CC2. The Hall–Kier alpha value is -3.05. The summed E-state index contributed by atoms with van der Waals surface area (Å²) in [4.78, 5) is 19.6. The van der Waals surface area contributed by atoms with Gasteiger partial charge in [0.15, 0.2) is 0 Å². The van der Waals surface area contributed by atoms with Crippen molar-refractivity contribution in [3.8, 4) is 5.75 Å². The minimum Gasteiger partial charge on any atom is -0.405 e. The fourth-order valence-corrected chi connectivity index (χ4v) is 5.46. The van der Waals surface area contributed by atoms with Crippen LogP contribution in [-0.4, -0.2) is 39.9 Å². The van der Waals surface area contributed by atoms with Crippen LogP contribution in [0.5, 0.6) is 5.75 Å². The molecule has 0 bridgehead atoms. The number of carbonyl (C=O) groups is 1. The number of rotatable bonds is 6. The molecule has 40 heavy (non-hydrogen) atoms. The number of carbonyl (C=O) groups excluding carboxylic acids is 1. The van der Waals surface area contributed by atoms with E-state index in [1.54, 1.807) is 18.3 Å². The molecule has 1 amide bonds. The monoisotopic (exact) mass is 652 g/mol. The average Bonchev–Trinajstić information content (AvgIpc) is 3.20. The molecule has 2 aromatic heterocycles. The van der Waals surface area contributed by atoms with Crippen molar-refractivity contribution >= 4 is 62.1 Å². The van der Waals surface area contributed by atoms with E-state index in [1.165, 1.54) is 16.7 Å². The van der Waals surface area contributed by atoms with Crippen molar-refractivity contribution in [2.45, 2.75) is 25.9 Å². The number of fused-ring (bicyclic) bond motifs is 3. The summed E-state index contributed by atoms with van der Waals surface area (Å²) < 4.78 is 45.2. The smallest absolute Gasteiger partial charge is 0.405 e. The minimum absolute atomic E-state index is 0.0879. The molecule has 3 heterocycles. The van der Waals surface area contributed by atoms with Crippen molar-refractivity contribution in [1.29, 1.82) is 0 Å². The van der Waals surface area contributed by atoms with Crippen LogP contribution in [-0.2, 0) is 19.5 Å². The highest BCUT2D eigenvalue weighted by Gasteiger charge is 2.33. The summed E-state index contributed by atoms with van der Waals surface area (Å²) in [6.07, 6.45) is 1.22. The van der Waals surface area contributed by atoms with Crippen LogP contribution in [0, 0.1) is 0 Å². The molecule has 208 valence electrons. The quantitative estimate of drug-likeness (QED) is 0.216. The zero-order chi connectivity index (χ0) is 28.4. The van der Waals surface area contributed by atoms with Crippen molar-refractivity contribution < 1.29 is 22.7 Å². The lowest BCUT2D eigenvalue weighted by Gasteiger charge is -2.27. The van der Waals surface area contributed by atoms with Gasteiger partial charge < -0.3 is 10.1 Å². The number of amides is 1. The molecule has 0 saturated heterocycles. The van der Waals surface area contributed by atoms with Crippen LogP contribution in [0.1, 0.15) is 22.4 Å². The van der Waals surface area contributed by atoms with Crippen molar-refractivity contribution in [3.05, 3.63) is 97.8 Å². The second kappa shape index (κ2) is 11.8. The maximum absolute atomic E-state index is 13.5. The summed E-state index contributed by atoms with van der Waals surface area (Å²) in [6, 6.07) is 13.3. The first kappa shape index (κ1) is 28.5. The predicted molar refractivity (Wildman–Crippen MR) is 153 cm³/mol. The molecule has 0 unspecified atom stereocenters. The van der Waals surface area contributed by atoms with Crippen LogP contribution in [0.2, 0.25) is 10.2 Å². The molecule has 0 spiro atoms. The van der Waals surface area contributed by atoms with E-state index in [0.717, 1.165) is 22.4 Å². The molecule has 0 aliphatic carbocycles. The summed E-state index contributed by atoms with van der Waals surface area (Å²) in [5, 5.41) is 4.37. The summed E-state index contributed by atoms with van der Waals surface area (Å²) in [5.41, 5.74) is 3.77. The highest BCUT2D eigenvalue weighted by atomic mass is 79.9. The van der Waals surface area contributed by atoms with E-state index in [9.17, 15) is 18.0 Å². The molecule has 0 fully saturated rings. The molecule has 0 radical (unpaired) electrons. The first-order chi connectivity index (χ1) is 19.1. The largest absolute Gasteiger partial charge is 0.573 e. The predicted octanol–water partition coefficient (Wildman–Crippen LogP) is 7.83. The Morgan fingerprint density at radius 1 is 1.15 bits per heavy atom. The van der Waals surface area contributed by atoms with Crippen LogP contribution in [0.25, 0.3) is 17.0 Å². The van der Waals surface area contributed by atoms with E-state index in [0.29, 0.717) is 47.1 Å². The Bertz CT molecular complexity index is 1590. The summed E-state index contributed by atoms with van der Waals surface area (Å²) in [6.45, 7) is 1.93. The van der Waals surface area contributed by atoms with Gasteiger partial charge in [0, 0.05) is 54.9 Å². The van der Waals surface area contributed by atoms with Crippen LogP contribution < -0.4 is 10.1 Å². The molecule has 4 aromatic rings. The van der Waals surface area contributed by atoms with Gasteiger partial charge in [-0.25, -0.2) is 9.78 Å². The highest BCUT2D eigenvalue weighted by molar-refractivity contribution is 9.10. The van der Waals surface area contributed by atoms with Crippen molar-refractivity contribution in [3.63, 3.8) is 0 Å². The first-order valence-electron chi connectivity index (χ1n) is 12.2. The maximum atomic E-state index is 13.5. The topological polar surface area (TPSA) is 59.4 Å². The average molecular weight is 654 g/mol. The zero-order valence-electron chi connectivity index (χ0n) is 20.8. The van der Waals surface area contributed by atoms with E-state index >= 15 is 0 Å². The zero-order valence-corrected chi connectivity index (χ0v) is 23.9. The molecule has 1 aliphatic heterocycles. The van der Waals surface area contributed by atoms with Crippen LogP contribution >= 0.6 is 39.1 Å². The number of nitrogens with zero attached hydrogens (tertiary/aromatic N) is 3. The van der Waals surface area contributed by atoms with E-state index < -0.39 is 12.4 Å². The van der Waals surface area contributed by atoms with Gasteiger partial charge >= 0.3 is 12.4 Å². The Labute approximate surface area is 246 Å². The second-order valence-electron chi connectivity index (χ2n) is 9.19. The Kier molecular flexibility index (Phi) is 8.42. The number of halogens is 6. The number of hydrogen-bond donors (Lipinski definition) is 1. The second-order valence-corrected chi connectivity index (χ2v) is 10.9.